The van der Waals surface area contributed by atoms with Gasteiger partial charge >= 0.3 is 0 Å². The predicted molar refractivity (Wildman–Crippen MR) is 151 cm³/mol. The van der Waals surface area contributed by atoms with E-state index in [1.165, 1.54) is 0 Å². The van der Waals surface area contributed by atoms with Gasteiger partial charge in [-0.15, -0.1) is 0 Å². The van der Waals surface area contributed by atoms with Crippen LogP contribution in [0.2, 0.25) is 0 Å². The van der Waals surface area contributed by atoms with Crippen LogP contribution in [0.5, 0.6) is 0 Å². The summed E-state index contributed by atoms with van der Waals surface area (Å²) in [6, 6.07) is 0. The summed E-state index contributed by atoms with van der Waals surface area (Å²) >= 11 is 0. The Morgan fingerprint density at radius 1 is 0.500 bits per heavy atom. The van der Waals surface area contributed by atoms with Crippen molar-refractivity contribution in [1.82, 2.24) is 0 Å². The zero-order valence-corrected chi connectivity index (χ0v) is 26.2. The molecule has 9 heteroatoms. The molecule has 4 aliphatic rings. The van der Waals surface area contributed by atoms with Gasteiger partial charge in [0.05, 0.1) is 26.4 Å². The lowest BCUT2D eigenvalue weighted by Crippen LogP contribution is -2.39. The van der Waals surface area contributed by atoms with Crippen molar-refractivity contribution in [2.75, 3.05) is 26.4 Å². The van der Waals surface area contributed by atoms with E-state index in [0.29, 0.717) is 26.4 Å². The second-order valence-electron chi connectivity index (χ2n) is 11.1. The van der Waals surface area contributed by atoms with Gasteiger partial charge in [-0.2, -0.15) is 0 Å². The SMILES string of the molecule is C=C([C@@H]1COC(CC)(CC)O1)[C@@H]1COC(CC)(CC)O1.CCC1(CC)OC[C@@H](C(=O)[C@@H]2COC(CC)(CC)O2)O1. The zero-order chi connectivity index (χ0) is 29.6. The Hall–Kier alpha value is -0.910. The van der Waals surface area contributed by atoms with Crippen molar-refractivity contribution in [2.24, 2.45) is 0 Å². The Labute approximate surface area is 241 Å². The molecule has 0 amide bonds. The molecule has 232 valence electrons. The average molecular weight is 571 g/mol. The minimum absolute atomic E-state index is 0.0578. The van der Waals surface area contributed by atoms with Crippen LogP contribution in [0.3, 0.4) is 0 Å². The van der Waals surface area contributed by atoms with Gasteiger partial charge in [-0.25, -0.2) is 0 Å². The van der Waals surface area contributed by atoms with Crippen LogP contribution in [0.1, 0.15) is 107 Å². The molecule has 4 rings (SSSR count). The zero-order valence-electron chi connectivity index (χ0n) is 26.2. The summed E-state index contributed by atoms with van der Waals surface area (Å²) in [4.78, 5) is 12.5. The Kier molecular flexibility index (Phi) is 11.8. The second-order valence-corrected chi connectivity index (χ2v) is 11.1. The monoisotopic (exact) mass is 570 g/mol. The van der Waals surface area contributed by atoms with Crippen LogP contribution in [0.25, 0.3) is 0 Å². The fraction of sp³-hybridized carbons (Fsp3) is 0.903. The molecule has 4 fully saturated rings. The van der Waals surface area contributed by atoms with Gasteiger partial charge in [0.1, 0.15) is 24.4 Å². The largest absolute Gasteiger partial charge is 0.347 e. The van der Waals surface area contributed by atoms with Gasteiger partial charge < -0.3 is 37.9 Å². The standard InChI is InChI=1S/C16H28O4.C15H26O5/c1-6-15(7-2)17-10-13(19-15)12(5)14-11-18-16(8-3,9-4)20-14;1-5-14(6-2)17-9-11(19-14)13(16)12-10-18-15(7-3,8-4)20-12/h13-14H,5-11H2,1-4H3;11-12H,5-10H2,1-4H3/t13-,14-;11-,12-/m00/s1. The van der Waals surface area contributed by atoms with E-state index in [1.807, 2.05) is 27.7 Å². The first-order chi connectivity index (χ1) is 19.1. The topological polar surface area (TPSA) is 90.9 Å². The van der Waals surface area contributed by atoms with Crippen LogP contribution >= 0.6 is 0 Å². The number of ketones is 1. The lowest BCUT2D eigenvalue weighted by Gasteiger charge is -2.27. The summed E-state index contributed by atoms with van der Waals surface area (Å²) < 4.78 is 47.0. The van der Waals surface area contributed by atoms with Crippen molar-refractivity contribution in [1.29, 1.82) is 0 Å². The van der Waals surface area contributed by atoms with E-state index in [4.69, 9.17) is 37.9 Å². The molecule has 4 atom stereocenters. The molecule has 4 saturated heterocycles. The van der Waals surface area contributed by atoms with E-state index in [2.05, 4.69) is 34.3 Å². The van der Waals surface area contributed by atoms with E-state index in [0.717, 1.165) is 56.9 Å². The highest BCUT2D eigenvalue weighted by molar-refractivity contribution is 5.88. The molecule has 0 unspecified atom stereocenters. The van der Waals surface area contributed by atoms with Crippen molar-refractivity contribution >= 4 is 5.78 Å². The first-order valence-electron chi connectivity index (χ1n) is 15.6. The Morgan fingerprint density at radius 3 is 0.950 bits per heavy atom. The Balaban J connectivity index is 0.000000220. The maximum absolute atomic E-state index is 12.5. The molecular formula is C31H54O9. The number of hydrogen-bond acceptors (Lipinski definition) is 9. The van der Waals surface area contributed by atoms with E-state index >= 15 is 0 Å². The minimum Gasteiger partial charge on any atom is -0.347 e. The molecule has 0 bridgehead atoms. The third kappa shape index (κ3) is 7.00. The number of carbonyl (C=O) groups is 1. The van der Waals surface area contributed by atoms with Crippen LogP contribution in [-0.4, -0.2) is 79.8 Å². The van der Waals surface area contributed by atoms with Crippen LogP contribution in [0, 0.1) is 0 Å². The second kappa shape index (κ2) is 14.0. The number of Topliss-reactive ketones (excluding diaryl/α,β-unsaturated/α-hetero) is 1. The molecule has 0 spiro atoms. The summed E-state index contributed by atoms with van der Waals surface area (Å²) in [5.41, 5.74) is 0.942. The normalized spacial score (nSPS) is 31.6. The molecule has 0 N–H and O–H groups in total. The Bertz CT molecular complexity index is 695. The summed E-state index contributed by atoms with van der Waals surface area (Å²) in [7, 11) is 0. The molecule has 0 aromatic rings. The summed E-state index contributed by atoms with van der Waals surface area (Å²) in [5.74, 6) is -2.16. The molecule has 40 heavy (non-hydrogen) atoms. The molecule has 0 radical (unpaired) electrons. The molecule has 9 nitrogen and oxygen atoms in total. The van der Waals surface area contributed by atoms with Gasteiger partial charge in [0, 0.05) is 0 Å². The van der Waals surface area contributed by atoms with Crippen molar-refractivity contribution in [2.45, 2.75) is 154 Å². The molecule has 4 aliphatic heterocycles. The van der Waals surface area contributed by atoms with Crippen LogP contribution < -0.4 is 0 Å². The van der Waals surface area contributed by atoms with E-state index in [9.17, 15) is 4.79 Å². The van der Waals surface area contributed by atoms with Crippen LogP contribution in [0.4, 0.5) is 0 Å². The predicted octanol–water partition coefficient (Wildman–Crippen LogP) is 5.82. The molecule has 0 saturated carbocycles. The van der Waals surface area contributed by atoms with Crippen molar-refractivity contribution in [3.63, 3.8) is 0 Å². The minimum atomic E-state index is -0.605. The number of carbonyl (C=O) groups excluding carboxylic acids is 1. The lowest BCUT2D eigenvalue weighted by atomic mass is 10.1. The average Bonchev–Trinajstić information content (AvgIpc) is 3.81. The lowest BCUT2D eigenvalue weighted by molar-refractivity contribution is -0.188. The number of ether oxygens (including phenoxy) is 8. The molecule has 0 aromatic carbocycles. The van der Waals surface area contributed by atoms with Gasteiger partial charge in [-0.3, -0.25) is 4.79 Å². The van der Waals surface area contributed by atoms with Crippen molar-refractivity contribution in [3.8, 4) is 0 Å². The third-order valence-corrected chi connectivity index (χ3v) is 9.19. The van der Waals surface area contributed by atoms with Crippen molar-refractivity contribution in [3.05, 3.63) is 12.2 Å². The van der Waals surface area contributed by atoms with Crippen LogP contribution in [-0.2, 0) is 42.7 Å². The van der Waals surface area contributed by atoms with Gasteiger partial charge in [0.2, 0.25) is 0 Å². The highest BCUT2D eigenvalue weighted by atomic mass is 16.8. The molecule has 0 aromatic heterocycles. The van der Waals surface area contributed by atoms with Gasteiger partial charge in [0.15, 0.2) is 28.9 Å². The van der Waals surface area contributed by atoms with Gasteiger partial charge in [0.25, 0.3) is 0 Å². The Morgan fingerprint density at radius 2 is 0.725 bits per heavy atom. The summed E-state index contributed by atoms with van der Waals surface area (Å²) in [6.45, 7) is 22.3. The van der Waals surface area contributed by atoms with Gasteiger partial charge in [-0.1, -0.05) is 62.0 Å². The fourth-order valence-electron chi connectivity index (χ4n) is 5.76. The first-order valence-corrected chi connectivity index (χ1v) is 15.6. The summed E-state index contributed by atoms with van der Waals surface area (Å²) in [5, 5.41) is 0. The molecule has 0 aliphatic carbocycles. The maximum atomic E-state index is 12.5. The highest BCUT2D eigenvalue weighted by Gasteiger charge is 2.49. The first kappa shape index (κ1) is 33.6. The van der Waals surface area contributed by atoms with E-state index in [1.54, 1.807) is 0 Å². The fourth-order valence-corrected chi connectivity index (χ4v) is 5.76. The number of hydrogen-bond donors (Lipinski definition) is 0. The third-order valence-electron chi connectivity index (χ3n) is 9.19. The maximum Gasteiger partial charge on any atom is 0.195 e. The van der Waals surface area contributed by atoms with Crippen molar-refractivity contribution < 1.29 is 42.7 Å². The molecular weight excluding hydrogens is 516 g/mol. The quantitative estimate of drug-likeness (QED) is 0.269. The highest BCUT2D eigenvalue weighted by Crippen LogP contribution is 2.38. The van der Waals surface area contributed by atoms with Crippen LogP contribution in [0.15, 0.2) is 12.2 Å². The molecule has 4 heterocycles. The van der Waals surface area contributed by atoms with E-state index < -0.39 is 35.4 Å². The van der Waals surface area contributed by atoms with Gasteiger partial charge in [-0.05, 0) is 56.9 Å². The van der Waals surface area contributed by atoms with E-state index in [-0.39, 0.29) is 18.0 Å². The number of rotatable bonds is 12. The smallest absolute Gasteiger partial charge is 0.195 e. The summed E-state index contributed by atoms with van der Waals surface area (Å²) in [6.07, 6.45) is 5.11.